The Labute approximate surface area is 88.8 Å². The summed E-state index contributed by atoms with van der Waals surface area (Å²) in [5.74, 6) is 0.634. The van der Waals surface area contributed by atoms with Gasteiger partial charge in [0.15, 0.2) is 5.82 Å². The molecule has 1 N–H and O–H groups in total. The van der Waals surface area contributed by atoms with E-state index in [1.807, 2.05) is 38.1 Å². The summed E-state index contributed by atoms with van der Waals surface area (Å²) >= 11 is 0. The van der Waals surface area contributed by atoms with E-state index in [0.29, 0.717) is 5.82 Å². The Balaban J connectivity index is 2.47. The first-order valence-corrected chi connectivity index (χ1v) is 5.08. The van der Waals surface area contributed by atoms with E-state index in [0.717, 1.165) is 10.9 Å². The van der Waals surface area contributed by atoms with Crippen LogP contribution in [-0.2, 0) is 0 Å². The number of aliphatic hydroxyl groups excluding tert-OH is 1. The molecule has 0 unspecified atom stereocenters. The molecule has 0 spiro atoms. The maximum Gasteiger partial charge on any atom is 0.157 e. The lowest BCUT2D eigenvalue weighted by Gasteiger charge is -2.12. The molecule has 3 nitrogen and oxygen atoms in total. The molecule has 3 heteroatoms. The van der Waals surface area contributed by atoms with Gasteiger partial charge in [0, 0.05) is 11.6 Å². The van der Waals surface area contributed by atoms with Crippen LogP contribution < -0.4 is 0 Å². The van der Waals surface area contributed by atoms with Crippen LogP contribution in [0.5, 0.6) is 0 Å². The molecule has 1 aromatic carbocycles. The van der Waals surface area contributed by atoms with E-state index in [1.54, 1.807) is 6.20 Å². The fraction of sp³-hybridized carbons (Fsp3) is 0.333. The minimum atomic E-state index is -0.588. The first kappa shape index (κ1) is 10.1. The summed E-state index contributed by atoms with van der Waals surface area (Å²) in [7, 11) is 0. The Bertz CT molecular complexity index is 468. The zero-order valence-corrected chi connectivity index (χ0v) is 8.88. The molecule has 0 amide bonds. The Morgan fingerprint density at radius 1 is 1.20 bits per heavy atom. The summed E-state index contributed by atoms with van der Waals surface area (Å²) in [5.41, 5.74) is 0.877. The van der Waals surface area contributed by atoms with E-state index in [-0.39, 0.29) is 5.92 Å². The normalized spacial score (nSPS) is 13.3. The number of nitrogens with zero attached hydrogens (tertiary/aromatic N) is 2. The number of fused-ring (bicyclic) bond motifs is 1. The summed E-state index contributed by atoms with van der Waals surface area (Å²) in [6, 6.07) is 7.76. The molecule has 1 aromatic heterocycles. The summed E-state index contributed by atoms with van der Waals surface area (Å²) < 4.78 is 0. The average molecular weight is 202 g/mol. The quantitative estimate of drug-likeness (QED) is 0.812. The average Bonchev–Trinajstić information content (AvgIpc) is 2.27. The van der Waals surface area contributed by atoms with Crippen LogP contribution in [0.15, 0.2) is 30.5 Å². The predicted octanol–water partition coefficient (Wildman–Crippen LogP) is 2.32. The lowest BCUT2D eigenvalue weighted by Crippen LogP contribution is -2.09. The Kier molecular flexibility index (Phi) is 2.64. The van der Waals surface area contributed by atoms with Crippen molar-refractivity contribution in [3.8, 4) is 0 Å². The number of rotatable bonds is 2. The third kappa shape index (κ3) is 1.97. The lowest BCUT2D eigenvalue weighted by molar-refractivity contribution is 0.118. The Morgan fingerprint density at radius 2 is 1.93 bits per heavy atom. The number of hydrogen-bond acceptors (Lipinski definition) is 3. The van der Waals surface area contributed by atoms with Gasteiger partial charge in [0.2, 0.25) is 0 Å². The van der Waals surface area contributed by atoms with Gasteiger partial charge in [-0.1, -0.05) is 32.0 Å². The highest BCUT2D eigenvalue weighted by Gasteiger charge is 2.14. The van der Waals surface area contributed by atoms with E-state index in [9.17, 15) is 5.11 Å². The van der Waals surface area contributed by atoms with Gasteiger partial charge in [-0.05, 0) is 12.0 Å². The largest absolute Gasteiger partial charge is 0.385 e. The molecule has 1 atom stereocenters. The topological polar surface area (TPSA) is 46.0 Å². The molecule has 0 radical (unpaired) electrons. The maximum absolute atomic E-state index is 9.83. The van der Waals surface area contributed by atoms with Crippen LogP contribution in [0.4, 0.5) is 0 Å². The van der Waals surface area contributed by atoms with Crippen LogP contribution in [0.3, 0.4) is 0 Å². The van der Waals surface area contributed by atoms with Gasteiger partial charge in [0.05, 0.1) is 5.52 Å². The first-order valence-electron chi connectivity index (χ1n) is 5.08. The molecule has 0 aliphatic heterocycles. The van der Waals surface area contributed by atoms with Gasteiger partial charge in [-0.3, -0.25) is 0 Å². The summed E-state index contributed by atoms with van der Waals surface area (Å²) in [6.45, 7) is 3.90. The molecule has 1 heterocycles. The van der Waals surface area contributed by atoms with Crippen molar-refractivity contribution >= 4 is 10.9 Å². The van der Waals surface area contributed by atoms with Crippen molar-refractivity contribution < 1.29 is 5.11 Å². The summed E-state index contributed by atoms with van der Waals surface area (Å²) in [6.07, 6.45) is 1.16. The van der Waals surface area contributed by atoms with Gasteiger partial charge >= 0.3 is 0 Å². The van der Waals surface area contributed by atoms with Crippen molar-refractivity contribution in [2.45, 2.75) is 20.0 Å². The molecule has 0 aliphatic rings. The third-order valence-electron chi connectivity index (χ3n) is 2.40. The molecular formula is C12H14N2O. The fourth-order valence-corrected chi connectivity index (χ4v) is 1.43. The predicted molar refractivity (Wildman–Crippen MR) is 59.3 cm³/mol. The van der Waals surface area contributed by atoms with Crippen molar-refractivity contribution in [2.75, 3.05) is 0 Å². The molecule has 15 heavy (non-hydrogen) atoms. The third-order valence-corrected chi connectivity index (χ3v) is 2.40. The highest BCUT2D eigenvalue weighted by molar-refractivity contribution is 5.77. The highest BCUT2D eigenvalue weighted by Crippen LogP contribution is 2.19. The second-order valence-electron chi connectivity index (χ2n) is 3.98. The smallest absolute Gasteiger partial charge is 0.157 e. The van der Waals surface area contributed by atoms with Crippen LogP contribution in [0.2, 0.25) is 0 Å². The zero-order chi connectivity index (χ0) is 10.8. The molecule has 0 saturated carbocycles. The summed E-state index contributed by atoms with van der Waals surface area (Å²) in [4.78, 5) is 8.50. The molecule has 2 rings (SSSR count). The minimum Gasteiger partial charge on any atom is -0.385 e. The molecule has 0 bridgehead atoms. The molecule has 0 aliphatic carbocycles. The van der Waals surface area contributed by atoms with E-state index >= 15 is 0 Å². The summed E-state index contributed by atoms with van der Waals surface area (Å²) in [5, 5.41) is 10.8. The molecule has 78 valence electrons. The molecule has 0 fully saturated rings. The Morgan fingerprint density at radius 3 is 2.67 bits per heavy atom. The van der Waals surface area contributed by atoms with Gasteiger partial charge in [-0.2, -0.15) is 0 Å². The van der Waals surface area contributed by atoms with Crippen molar-refractivity contribution in [1.29, 1.82) is 0 Å². The van der Waals surface area contributed by atoms with E-state index in [4.69, 9.17) is 0 Å². The van der Waals surface area contributed by atoms with Crippen LogP contribution in [0.1, 0.15) is 25.8 Å². The molecule has 0 saturated heterocycles. The van der Waals surface area contributed by atoms with Gasteiger partial charge in [-0.15, -0.1) is 0 Å². The van der Waals surface area contributed by atoms with Gasteiger partial charge in [0.1, 0.15) is 6.10 Å². The fourth-order valence-electron chi connectivity index (χ4n) is 1.43. The standard InChI is InChI=1S/C12H14N2O/c1-8(2)11(15)12-13-7-9-5-3-4-6-10(9)14-12/h3-8,11,15H,1-2H3/t11-/m0/s1. The zero-order valence-electron chi connectivity index (χ0n) is 8.88. The van der Waals surface area contributed by atoms with E-state index < -0.39 is 6.10 Å². The number of aromatic nitrogens is 2. The second-order valence-corrected chi connectivity index (χ2v) is 3.98. The highest BCUT2D eigenvalue weighted by atomic mass is 16.3. The maximum atomic E-state index is 9.83. The van der Waals surface area contributed by atoms with Crippen molar-refractivity contribution in [3.63, 3.8) is 0 Å². The van der Waals surface area contributed by atoms with E-state index in [1.165, 1.54) is 0 Å². The van der Waals surface area contributed by atoms with E-state index in [2.05, 4.69) is 9.97 Å². The van der Waals surface area contributed by atoms with Crippen LogP contribution in [0.25, 0.3) is 10.9 Å². The monoisotopic (exact) mass is 202 g/mol. The molecular weight excluding hydrogens is 188 g/mol. The van der Waals surface area contributed by atoms with Crippen molar-refractivity contribution in [3.05, 3.63) is 36.3 Å². The van der Waals surface area contributed by atoms with Crippen molar-refractivity contribution in [1.82, 2.24) is 9.97 Å². The minimum absolute atomic E-state index is 0.131. The van der Waals surface area contributed by atoms with Crippen LogP contribution in [-0.4, -0.2) is 15.1 Å². The lowest BCUT2D eigenvalue weighted by atomic mass is 10.1. The van der Waals surface area contributed by atoms with Gasteiger partial charge in [0.25, 0.3) is 0 Å². The van der Waals surface area contributed by atoms with Gasteiger partial charge in [-0.25, -0.2) is 9.97 Å². The number of para-hydroxylation sites is 1. The Hall–Kier alpha value is -1.48. The molecule has 2 aromatic rings. The number of hydrogen-bond donors (Lipinski definition) is 1. The second kappa shape index (κ2) is 3.95. The first-order chi connectivity index (χ1) is 7.18. The van der Waals surface area contributed by atoms with Crippen LogP contribution in [0, 0.1) is 5.92 Å². The van der Waals surface area contributed by atoms with Crippen LogP contribution >= 0.6 is 0 Å². The SMILES string of the molecule is CC(C)[C@H](O)c1ncc2ccccc2n1. The number of benzene rings is 1. The van der Waals surface area contributed by atoms with Gasteiger partial charge < -0.3 is 5.11 Å². The number of aliphatic hydroxyl groups is 1. The van der Waals surface area contributed by atoms with Crippen molar-refractivity contribution in [2.24, 2.45) is 5.92 Å².